The number of nitroso groups, excluding NO2 is 1. The summed E-state index contributed by atoms with van der Waals surface area (Å²) in [5.74, 6) is 0.952. The molecule has 0 saturated carbocycles. The van der Waals surface area contributed by atoms with Gasteiger partial charge in [0.2, 0.25) is 11.8 Å². The molecule has 0 saturated heterocycles. The minimum absolute atomic E-state index is 0.0487. The molecule has 4 rings (SSSR count). The number of rotatable bonds is 4. The summed E-state index contributed by atoms with van der Waals surface area (Å²) in [7, 11) is 1.82. The summed E-state index contributed by atoms with van der Waals surface area (Å²) in [6.07, 6.45) is 5.32. The molecule has 10 heteroatoms. The molecule has 0 aromatic carbocycles. The van der Waals surface area contributed by atoms with Gasteiger partial charge in [-0.25, -0.2) is 4.98 Å². The third-order valence-electron chi connectivity index (χ3n) is 3.52. The second-order valence-electron chi connectivity index (χ2n) is 5.30. The highest BCUT2D eigenvalue weighted by atomic mass is 16.3. The molecule has 4 aromatic rings. The molecule has 4 aromatic heterocycles. The van der Waals surface area contributed by atoms with Crippen molar-refractivity contribution in [1.82, 2.24) is 34.5 Å². The highest BCUT2D eigenvalue weighted by Gasteiger charge is 2.15. The van der Waals surface area contributed by atoms with E-state index in [1.807, 2.05) is 26.2 Å². The highest BCUT2D eigenvalue weighted by Crippen LogP contribution is 2.28. The number of aromatic nitrogens is 7. The van der Waals surface area contributed by atoms with Crippen molar-refractivity contribution in [3.05, 3.63) is 41.3 Å². The molecule has 0 amide bonds. The van der Waals surface area contributed by atoms with E-state index in [0.29, 0.717) is 16.9 Å². The maximum atomic E-state index is 11.3. The van der Waals surface area contributed by atoms with E-state index in [9.17, 15) is 4.91 Å². The fourth-order valence-corrected chi connectivity index (χ4v) is 2.50. The average Bonchev–Trinajstić information content (AvgIpc) is 3.26. The Hall–Kier alpha value is -3.56. The van der Waals surface area contributed by atoms with Gasteiger partial charge in [-0.2, -0.15) is 15.2 Å². The molecule has 0 aliphatic heterocycles. The third-order valence-corrected chi connectivity index (χ3v) is 3.52. The molecular formula is C14H13N9O. The lowest BCUT2D eigenvalue weighted by molar-refractivity contribution is 0.767. The summed E-state index contributed by atoms with van der Waals surface area (Å²) >= 11 is 0. The first kappa shape index (κ1) is 14.1. The Labute approximate surface area is 135 Å². The van der Waals surface area contributed by atoms with Crippen molar-refractivity contribution in [2.24, 2.45) is 12.2 Å². The van der Waals surface area contributed by atoms with Gasteiger partial charge in [-0.3, -0.25) is 9.78 Å². The molecule has 0 aliphatic carbocycles. The Morgan fingerprint density at radius 3 is 2.88 bits per heavy atom. The molecule has 0 radical (unpaired) electrons. The van der Waals surface area contributed by atoms with Gasteiger partial charge in [0.05, 0.1) is 23.1 Å². The first-order valence-electron chi connectivity index (χ1n) is 7.14. The smallest absolute Gasteiger partial charge is 0.231 e. The van der Waals surface area contributed by atoms with Crippen LogP contribution in [0.5, 0.6) is 0 Å². The van der Waals surface area contributed by atoms with E-state index in [4.69, 9.17) is 0 Å². The second kappa shape index (κ2) is 5.26. The van der Waals surface area contributed by atoms with Crippen molar-refractivity contribution in [2.45, 2.75) is 6.92 Å². The van der Waals surface area contributed by atoms with Crippen LogP contribution in [0.15, 0.2) is 35.9 Å². The van der Waals surface area contributed by atoms with Crippen LogP contribution in [0.25, 0.3) is 16.7 Å². The number of fused-ring (bicyclic) bond motifs is 1. The number of hydrogen-bond acceptors (Lipinski definition) is 7. The molecule has 0 bridgehead atoms. The van der Waals surface area contributed by atoms with Crippen LogP contribution in [-0.4, -0.2) is 34.5 Å². The van der Waals surface area contributed by atoms with Crippen LogP contribution in [0.1, 0.15) is 5.69 Å². The van der Waals surface area contributed by atoms with Crippen molar-refractivity contribution in [1.29, 1.82) is 0 Å². The Kier molecular flexibility index (Phi) is 3.08. The number of aryl methyl sites for hydroxylation is 2. The Balaban J connectivity index is 1.82. The maximum absolute atomic E-state index is 11.3. The monoisotopic (exact) mass is 323 g/mol. The van der Waals surface area contributed by atoms with Gasteiger partial charge in [-0.15, -0.1) is 4.91 Å². The van der Waals surface area contributed by atoms with Crippen molar-refractivity contribution in [3.63, 3.8) is 0 Å². The number of H-pyrrole nitrogens is 1. The third kappa shape index (κ3) is 2.29. The van der Waals surface area contributed by atoms with Crippen LogP contribution in [0.3, 0.4) is 0 Å². The maximum Gasteiger partial charge on any atom is 0.231 e. The summed E-state index contributed by atoms with van der Waals surface area (Å²) in [6.45, 7) is 1.86. The van der Waals surface area contributed by atoms with Crippen LogP contribution in [0.4, 0.5) is 17.6 Å². The van der Waals surface area contributed by atoms with Crippen molar-refractivity contribution in [2.75, 3.05) is 5.32 Å². The van der Waals surface area contributed by atoms with Crippen LogP contribution in [0, 0.1) is 11.8 Å². The van der Waals surface area contributed by atoms with Crippen molar-refractivity contribution in [3.8, 4) is 5.69 Å². The molecule has 0 atom stereocenters. The summed E-state index contributed by atoms with van der Waals surface area (Å²) in [5.41, 5.74) is 2.76. The molecule has 0 unspecified atom stereocenters. The van der Waals surface area contributed by atoms with Gasteiger partial charge >= 0.3 is 0 Å². The standard InChI is InChI=1S/C14H13N9O/c1-8-5-11(20-19-8)17-14-16-10-3-4-23(9-6-15-22(2)7-9)12(10)13(18-14)21-24/h3-7H,1-2H3,(H2,16,17,18,19,20). The van der Waals surface area contributed by atoms with Gasteiger partial charge in [0.25, 0.3) is 0 Å². The van der Waals surface area contributed by atoms with Crippen molar-refractivity contribution < 1.29 is 0 Å². The number of anilines is 2. The zero-order chi connectivity index (χ0) is 16.7. The predicted molar refractivity (Wildman–Crippen MR) is 87.7 cm³/mol. The van der Waals surface area contributed by atoms with Gasteiger partial charge in [-0.05, 0) is 18.2 Å². The van der Waals surface area contributed by atoms with E-state index in [-0.39, 0.29) is 11.8 Å². The minimum Gasteiger partial charge on any atom is -0.309 e. The van der Waals surface area contributed by atoms with E-state index < -0.39 is 0 Å². The summed E-state index contributed by atoms with van der Waals surface area (Å²) in [5, 5.41) is 17.0. The summed E-state index contributed by atoms with van der Waals surface area (Å²) in [4.78, 5) is 19.9. The first-order valence-corrected chi connectivity index (χ1v) is 7.14. The van der Waals surface area contributed by atoms with Gasteiger partial charge < -0.3 is 9.88 Å². The lowest BCUT2D eigenvalue weighted by Gasteiger charge is -2.05. The number of nitrogens with zero attached hydrogens (tertiary/aromatic N) is 7. The average molecular weight is 323 g/mol. The van der Waals surface area contributed by atoms with E-state index in [0.717, 1.165) is 11.4 Å². The normalized spacial score (nSPS) is 11.1. The topological polar surface area (TPSA) is 119 Å². The molecule has 0 fully saturated rings. The zero-order valence-corrected chi connectivity index (χ0v) is 12.9. The lowest BCUT2D eigenvalue weighted by Crippen LogP contribution is -1.99. The highest BCUT2D eigenvalue weighted by molar-refractivity contribution is 5.88. The Morgan fingerprint density at radius 1 is 1.33 bits per heavy atom. The zero-order valence-electron chi connectivity index (χ0n) is 12.9. The SMILES string of the molecule is Cc1cc(Nc2nc(N=O)c3c(ccn3-c3cnn(C)c3)n2)[nH]n1. The van der Waals surface area contributed by atoms with Crippen LogP contribution in [0.2, 0.25) is 0 Å². The lowest BCUT2D eigenvalue weighted by atomic mass is 10.4. The van der Waals surface area contributed by atoms with Gasteiger partial charge in [0.1, 0.15) is 11.3 Å². The van der Waals surface area contributed by atoms with E-state index in [1.54, 1.807) is 27.7 Å². The molecule has 120 valence electrons. The fraction of sp³-hybridized carbons (Fsp3) is 0.143. The summed E-state index contributed by atoms with van der Waals surface area (Å²) in [6, 6.07) is 3.60. The van der Waals surface area contributed by atoms with E-state index in [2.05, 4.69) is 35.8 Å². The molecule has 0 aliphatic rings. The number of hydrogen-bond donors (Lipinski definition) is 2. The van der Waals surface area contributed by atoms with Gasteiger partial charge in [0, 0.05) is 25.5 Å². The van der Waals surface area contributed by atoms with Gasteiger partial charge in [-0.1, -0.05) is 0 Å². The molecule has 24 heavy (non-hydrogen) atoms. The van der Waals surface area contributed by atoms with Gasteiger partial charge in [0.15, 0.2) is 0 Å². The Morgan fingerprint density at radius 2 is 2.21 bits per heavy atom. The number of aromatic amines is 1. The first-order chi connectivity index (χ1) is 11.6. The quantitative estimate of drug-likeness (QED) is 0.556. The number of nitrogens with one attached hydrogen (secondary N) is 2. The fourth-order valence-electron chi connectivity index (χ4n) is 2.50. The minimum atomic E-state index is 0.0487. The van der Waals surface area contributed by atoms with Crippen molar-refractivity contribution >= 4 is 28.6 Å². The molecular weight excluding hydrogens is 310 g/mol. The van der Waals surface area contributed by atoms with E-state index >= 15 is 0 Å². The van der Waals surface area contributed by atoms with Crippen LogP contribution in [-0.2, 0) is 7.05 Å². The molecule has 4 heterocycles. The van der Waals surface area contributed by atoms with Crippen LogP contribution >= 0.6 is 0 Å². The molecule has 10 nitrogen and oxygen atoms in total. The second-order valence-corrected chi connectivity index (χ2v) is 5.30. The van der Waals surface area contributed by atoms with E-state index in [1.165, 1.54) is 0 Å². The predicted octanol–water partition coefficient (Wildman–Crippen LogP) is 2.33. The molecule has 0 spiro atoms. The summed E-state index contributed by atoms with van der Waals surface area (Å²) < 4.78 is 3.45. The van der Waals surface area contributed by atoms with Crippen LogP contribution < -0.4 is 5.32 Å². The Bertz CT molecular complexity index is 1040. The molecule has 2 N–H and O–H groups in total. The largest absolute Gasteiger partial charge is 0.309 e.